The first-order valence-corrected chi connectivity index (χ1v) is 5.52. The summed E-state index contributed by atoms with van der Waals surface area (Å²) in [5, 5.41) is 0. The molecular weight excluding hydrogens is 188 g/mol. The Morgan fingerprint density at radius 1 is 1.47 bits per heavy atom. The molecule has 2 N–H and O–H groups in total. The van der Waals surface area contributed by atoms with Crippen LogP contribution in [0.15, 0.2) is 24.3 Å². The molecule has 1 fully saturated rings. The number of nitrogen functional groups attached to an aromatic ring is 1. The molecular formula is C12H18N2O. The summed E-state index contributed by atoms with van der Waals surface area (Å²) in [5.74, 6) is 0. The SMILES string of the molecule is CCC1CN(c2ccccc2N)CCO1. The second kappa shape index (κ2) is 4.53. The molecule has 0 aromatic heterocycles. The zero-order valence-corrected chi connectivity index (χ0v) is 9.15. The van der Waals surface area contributed by atoms with E-state index in [0.29, 0.717) is 6.10 Å². The van der Waals surface area contributed by atoms with Crippen LogP contribution < -0.4 is 10.6 Å². The van der Waals surface area contributed by atoms with E-state index < -0.39 is 0 Å². The van der Waals surface area contributed by atoms with Gasteiger partial charge in [0.25, 0.3) is 0 Å². The second-order valence-corrected chi connectivity index (χ2v) is 3.91. The molecule has 1 aromatic rings. The van der Waals surface area contributed by atoms with Crippen molar-refractivity contribution < 1.29 is 4.74 Å². The largest absolute Gasteiger partial charge is 0.397 e. The van der Waals surface area contributed by atoms with E-state index in [1.807, 2.05) is 18.2 Å². The number of benzene rings is 1. The van der Waals surface area contributed by atoms with Crippen molar-refractivity contribution in [3.8, 4) is 0 Å². The molecule has 1 saturated heterocycles. The number of anilines is 2. The predicted molar refractivity (Wildman–Crippen MR) is 63.1 cm³/mol. The minimum atomic E-state index is 0.346. The number of nitrogens with two attached hydrogens (primary N) is 1. The Morgan fingerprint density at radius 3 is 3.00 bits per heavy atom. The first kappa shape index (κ1) is 10.3. The van der Waals surface area contributed by atoms with E-state index in [1.54, 1.807) is 0 Å². The summed E-state index contributed by atoms with van der Waals surface area (Å²) in [7, 11) is 0. The smallest absolute Gasteiger partial charge is 0.0748 e. The Kier molecular flexibility index (Phi) is 3.11. The van der Waals surface area contributed by atoms with Gasteiger partial charge in [0.15, 0.2) is 0 Å². The normalized spacial score (nSPS) is 21.7. The van der Waals surface area contributed by atoms with Gasteiger partial charge in [-0.2, -0.15) is 0 Å². The topological polar surface area (TPSA) is 38.5 Å². The maximum atomic E-state index is 5.96. The highest BCUT2D eigenvalue weighted by Gasteiger charge is 2.19. The number of ether oxygens (including phenoxy) is 1. The Bertz CT molecular complexity index is 327. The van der Waals surface area contributed by atoms with E-state index in [9.17, 15) is 0 Å². The van der Waals surface area contributed by atoms with Crippen LogP contribution >= 0.6 is 0 Å². The second-order valence-electron chi connectivity index (χ2n) is 3.91. The quantitative estimate of drug-likeness (QED) is 0.751. The van der Waals surface area contributed by atoms with Crippen LogP contribution in [-0.4, -0.2) is 25.8 Å². The van der Waals surface area contributed by atoms with Gasteiger partial charge < -0.3 is 15.4 Å². The fourth-order valence-corrected chi connectivity index (χ4v) is 1.96. The zero-order chi connectivity index (χ0) is 10.7. The Hall–Kier alpha value is -1.22. The van der Waals surface area contributed by atoms with Crippen molar-refractivity contribution in [1.82, 2.24) is 0 Å². The van der Waals surface area contributed by atoms with Gasteiger partial charge in [-0.05, 0) is 18.6 Å². The van der Waals surface area contributed by atoms with E-state index in [4.69, 9.17) is 10.5 Å². The molecule has 15 heavy (non-hydrogen) atoms. The molecule has 0 amide bonds. The molecule has 1 unspecified atom stereocenters. The molecule has 1 aromatic carbocycles. The van der Waals surface area contributed by atoms with Gasteiger partial charge in [0, 0.05) is 13.1 Å². The number of nitrogens with zero attached hydrogens (tertiary/aromatic N) is 1. The third-order valence-corrected chi connectivity index (χ3v) is 2.87. The fourth-order valence-electron chi connectivity index (χ4n) is 1.96. The van der Waals surface area contributed by atoms with Crippen molar-refractivity contribution in [2.75, 3.05) is 30.3 Å². The fraction of sp³-hybridized carbons (Fsp3) is 0.500. The van der Waals surface area contributed by atoms with E-state index >= 15 is 0 Å². The van der Waals surface area contributed by atoms with Crippen molar-refractivity contribution in [3.05, 3.63) is 24.3 Å². The summed E-state index contributed by atoms with van der Waals surface area (Å²) in [5.41, 5.74) is 7.95. The minimum Gasteiger partial charge on any atom is -0.397 e. The molecule has 82 valence electrons. The van der Waals surface area contributed by atoms with Crippen LogP contribution in [0.25, 0.3) is 0 Å². The Morgan fingerprint density at radius 2 is 2.27 bits per heavy atom. The van der Waals surface area contributed by atoms with Gasteiger partial charge in [0.05, 0.1) is 24.1 Å². The molecule has 1 aliphatic heterocycles. The van der Waals surface area contributed by atoms with Crippen LogP contribution in [0.4, 0.5) is 11.4 Å². The van der Waals surface area contributed by atoms with Gasteiger partial charge in [-0.15, -0.1) is 0 Å². The van der Waals surface area contributed by atoms with Crippen molar-refractivity contribution in [3.63, 3.8) is 0 Å². The van der Waals surface area contributed by atoms with Crippen LogP contribution in [0.3, 0.4) is 0 Å². The van der Waals surface area contributed by atoms with E-state index in [-0.39, 0.29) is 0 Å². The third kappa shape index (κ3) is 2.23. The van der Waals surface area contributed by atoms with Gasteiger partial charge in [-0.3, -0.25) is 0 Å². The lowest BCUT2D eigenvalue weighted by molar-refractivity contribution is 0.0385. The molecule has 0 aliphatic carbocycles. The molecule has 1 heterocycles. The number of hydrogen-bond acceptors (Lipinski definition) is 3. The van der Waals surface area contributed by atoms with Gasteiger partial charge in [0.2, 0.25) is 0 Å². The van der Waals surface area contributed by atoms with Gasteiger partial charge in [-0.1, -0.05) is 19.1 Å². The molecule has 0 bridgehead atoms. The van der Waals surface area contributed by atoms with Crippen LogP contribution in [-0.2, 0) is 4.74 Å². The van der Waals surface area contributed by atoms with Gasteiger partial charge in [-0.25, -0.2) is 0 Å². The molecule has 0 spiro atoms. The highest BCUT2D eigenvalue weighted by Crippen LogP contribution is 2.24. The average Bonchev–Trinajstić information content (AvgIpc) is 2.30. The minimum absolute atomic E-state index is 0.346. The molecule has 3 heteroatoms. The van der Waals surface area contributed by atoms with E-state index in [1.165, 1.54) is 0 Å². The van der Waals surface area contributed by atoms with Gasteiger partial charge in [0.1, 0.15) is 0 Å². The molecule has 0 saturated carbocycles. The lowest BCUT2D eigenvalue weighted by Crippen LogP contribution is -2.42. The monoisotopic (exact) mass is 206 g/mol. The number of morpholine rings is 1. The highest BCUT2D eigenvalue weighted by molar-refractivity contribution is 5.67. The zero-order valence-electron chi connectivity index (χ0n) is 9.15. The highest BCUT2D eigenvalue weighted by atomic mass is 16.5. The number of rotatable bonds is 2. The van der Waals surface area contributed by atoms with Crippen molar-refractivity contribution in [2.24, 2.45) is 0 Å². The summed E-state index contributed by atoms with van der Waals surface area (Å²) in [6.45, 7) is 4.84. The van der Waals surface area contributed by atoms with Gasteiger partial charge >= 0.3 is 0 Å². The summed E-state index contributed by atoms with van der Waals surface area (Å²) >= 11 is 0. The average molecular weight is 206 g/mol. The van der Waals surface area contributed by atoms with E-state index in [0.717, 1.165) is 37.5 Å². The van der Waals surface area contributed by atoms with Crippen molar-refractivity contribution >= 4 is 11.4 Å². The molecule has 2 rings (SSSR count). The summed E-state index contributed by atoms with van der Waals surface area (Å²) in [6, 6.07) is 8.03. The van der Waals surface area contributed by atoms with Crippen molar-refractivity contribution in [1.29, 1.82) is 0 Å². The first-order valence-electron chi connectivity index (χ1n) is 5.52. The standard InChI is InChI=1S/C12H18N2O/c1-2-10-9-14(7-8-15-10)12-6-4-3-5-11(12)13/h3-6,10H,2,7-9,13H2,1H3. The predicted octanol–water partition coefficient (Wildman–Crippen LogP) is 1.88. The molecule has 0 radical (unpaired) electrons. The maximum Gasteiger partial charge on any atom is 0.0748 e. The van der Waals surface area contributed by atoms with Crippen LogP contribution in [0.1, 0.15) is 13.3 Å². The van der Waals surface area contributed by atoms with Crippen LogP contribution in [0.2, 0.25) is 0 Å². The lowest BCUT2D eigenvalue weighted by Gasteiger charge is -2.34. The van der Waals surface area contributed by atoms with Crippen LogP contribution in [0, 0.1) is 0 Å². The summed E-state index contributed by atoms with van der Waals surface area (Å²) in [4.78, 5) is 2.31. The Balaban J connectivity index is 2.13. The molecule has 1 aliphatic rings. The number of hydrogen-bond donors (Lipinski definition) is 1. The summed E-state index contributed by atoms with van der Waals surface area (Å²) < 4.78 is 5.64. The maximum absolute atomic E-state index is 5.96. The van der Waals surface area contributed by atoms with Crippen molar-refractivity contribution in [2.45, 2.75) is 19.4 Å². The number of para-hydroxylation sites is 2. The Labute approximate surface area is 90.8 Å². The molecule has 3 nitrogen and oxygen atoms in total. The lowest BCUT2D eigenvalue weighted by atomic mass is 10.2. The molecule has 1 atom stereocenters. The first-order chi connectivity index (χ1) is 7.31. The summed E-state index contributed by atoms with van der Waals surface area (Å²) in [6.07, 6.45) is 1.40. The van der Waals surface area contributed by atoms with Crippen LogP contribution in [0.5, 0.6) is 0 Å². The third-order valence-electron chi connectivity index (χ3n) is 2.87. The van der Waals surface area contributed by atoms with E-state index in [2.05, 4.69) is 17.9 Å².